The van der Waals surface area contributed by atoms with Gasteiger partial charge < -0.3 is 14.4 Å². The van der Waals surface area contributed by atoms with E-state index in [1.807, 2.05) is 13.8 Å². The molecule has 0 aromatic carbocycles. The fraction of sp³-hybridized carbons (Fsp3) is 0.833. The van der Waals surface area contributed by atoms with Crippen molar-refractivity contribution in [3.05, 3.63) is 0 Å². The van der Waals surface area contributed by atoms with Gasteiger partial charge in [-0.2, -0.15) is 0 Å². The summed E-state index contributed by atoms with van der Waals surface area (Å²) in [4.78, 5) is 35.4. The van der Waals surface area contributed by atoms with E-state index < -0.39 is 6.04 Å². The van der Waals surface area contributed by atoms with Gasteiger partial charge >= 0.3 is 5.97 Å². The van der Waals surface area contributed by atoms with Crippen molar-refractivity contribution in [2.75, 3.05) is 13.7 Å². The first-order chi connectivity index (χ1) is 10.3. The Kier molecular flexibility index (Phi) is 17.9. The summed E-state index contributed by atoms with van der Waals surface area (Å²) < 4.78 is 4.64. The molecule has 1 saturated heterocycles. The standard InChI is InChI=1S/C11H17NO4.C4H10.C2H6.CH4/c1-8(13)5-6-10(14)12-7-3-4-9(12)11(15)16-2;1-4(2)3;1-2;/h9H,3-7H2,1-2H3;4H,1-3H3;1-2H3;1H4/t9-;;;/m0.../s1. The molecule has 0 aliphatic carbocycles. The third kappa shape index (κ3) is 12.8. The molecule has 0 saturated carbocycles. The summed E-state index contributed by atoms with van der Waals surface area (Å²) in [6, 6.07) is -0.454. The summed E-state index contributed by atoms with van der Waals surface area (Å²) >= 11 is 0. The Morgan fingerprint density at radius 3 is 2.00 bits per heavy atom. The molecule has 0 spiro atoms. The highest BCUT2D eigenvalue weighted by Gasteiger charge is 2.34. The summed E-state index contributed by atoms with van der Waals surface area (Å²) in [5.41, 5.74) is 0. The van der Waals surface area contributed by atoms with Gasteiger partial charge in [-0.15, -0.1) is 0 Å². The van der Waals surface area contributed by atoms with Crippen molar-refractivity contribution in [1.82, 2.24) is 4.90 Å². The Balaban J connectivity index is -0.000000498. The van der Waals surface area contributed by atoms with Crippen LogP contribution in [-0.4, -0.2) is 42.3 Å². The summed E-state index contributed by atoms with van der Waals surface area (Å²) in [7, 11) is 1.32. The Hall–Kier alpha value is -1.39. The van der Waals surface area contributed by atoms with Crippen LogP contribution in [0.25, 0.3) is 0 Å². The Morgan fingerprint density at radius 2 is 1.61 bits per heavy atom. The minimum absolute atomic E-state index is 0. The molecule has 1 heterocycles. The minimum Gasteiger partial charge on any atom is -0.467 e. The van der Waals surface area contributed by atoms with Crippen LogP contribution in [0.5, 0.6) is 0 Å². The van der Waals surface area contributed by atoms with Gasteiger partial charge in [0.25, 0.3) is 0 Å². The molecule has 0 unspecified atom stereocenters. The van der Waals surface area contributed by atoms with Crippen LogP contribution >= 0.6 is 0 Å². The van der Waals surface area contributed by atoms with E-state index in [2.05, 4.69) is 25.5 Å². The molecule has 0 aromatic heterocycles. The number of hydrogen-bond acceptors (Lipinski definition) is 4. The van der Waals surface area contributed by atoms with Crippen LogP contribution in [0.1, 0.15) is 74.7 Å². The van der Waals surface area contributed by atoms with Gasteiger partial charge in [0.1, 0.15) is 11.8 Å². The van der Waals surface area contributed by atoms with Gasteiger partial charge in [0.2, 0.25) is 5.91 Å². The number of rotatable bonds is 4. The highest BCUT2D eigenvalue weighted by atomic mass is 16.5. The first kappa shape index (κ1) is 26.5. The van der Waals surface area contributed by atoms with Crippen LogP contribution < -0.4 is 0 Å². The number of Topliss-reactive ketones (excluding diaryl/α,β-unsaturated/α-hetero) is 1. The van der Waals surface area contributed by atoms with Crippen LogP contribution in [0.15, 0.2) is 0 Å². The molecular weight excluding hydrogens is 294 g/mol. The molecule has 0 radical (unpaired) electrons. The molecule has 5 heteroatoms. The van der Waals surface area contributed by atoms with Crippen molar-refractivity contribution >= 4 is 17.7 Å². The van der Waals surface area contributed by atoms with Gasteiger partial charge in [0, 0.05) is 19.4 Å². The van der Waals surface area contributed by atoms with Crippen molar-refractivity contribution in [2.45, 2.75) is 80.7 Å². The summed E-state index contributed by atoms with van der Waals surface area (Å²) in [6.45, 7) is 12.5. The monoisotopic (exact) mass is 331 g/mol. The first-order valence-electron chi connectivity index (χ1n) is 8.16. The highest BCUT2D eigenvalue weighted by molar-refractivity contribution is 5.87. The van der Waals surface area contributed by atoms with E-state index in [4.69, 9.17) is 0 Å². The van der Waals surface area contributed by atoms with Gasteiger partial charge in [-0.1, -0.05) is 42.0 Å². The van der Waals surface area contributed by atoms with E-state index in [9.17, 15) is 14.4 Å². The number of amides is 1. The average Bonchev–Trinajstić information content (AvgIpc) is 2.95. The van der Waals surface area contributed by atoms with Crippen molar-refractivity contribution in [3.63, 3.8) is 0 Å². The number of ketones is 1. The number of nitrogens with zero attached hydrogens (tertiary/aromatic N) is 1. The quantitative estimate of drug-likeness (QED) is 0.734. The second kappa shape index (κ2) is 15.5. The lowest BCUT2D eigenvalue weighted by molar-refractivity contribution is -0.151. The normalized spacial score (nSPS) is 15.5. The lowest BCUT2D eigenvalue weighted by Crippen LogP contribution is -2.41. The minimum atomic E-state index is -0.454. The number of carbonyl (C=O) groups excluding carboxylic acids is 3. The van der Waals surface area contributed by atoms with E-state index in [0.717, 1.165) is 12.3 Å². The summed E-state index contributed by atoms with van der Waals surface area (Å²) in [5, 5.41) is 0. The molecule has 0 aromatic rings. The van der Waals surface area contributed by atoms with Crippen molar-refractivity contribution < 1.29 is 19.1 Å². The van der Waals surface area contributed by atoms with Crippen LogP contribution in [0.4, 0.5) is 0 Å². The maximum Gasteiger partial charge on any atom is 0.328 e. The molecule has 0 N–H and O–H groups in total. The molecule has 0 bridgehead atoms. The number of hydrogen-bond donors (Lipinski definition) is 0. The average molecular weight is 331 g/mol. The molecule has 5 nitrogen and oxygen atoms in total. The molecular formula is C18H37NO4. The third-order valence-electron chi connectivity index (χ3n) is 2.74. The summed E-state index contributed by atoms with van der Waals surface area (Å²) in [6.07, 6.45) is 1.89. The molecule has 138 valence electrons. The molecule has 1 amide bonds. The first-order valence-corrected chi connectivity index (χ1v) is 8.16. The maximum atomic E-state index is 11.7. The zero-order valence-electron chi connectivity index (χ0n) is 15.3. The van der Waals surface area contributed by atoms with Crippen LogP contribution in [0, 0.1) is 5.92 Å². The van der Waals surface area contributed by atoms with Gasteiger partial charge in [0.15, 0.2) is 0 Å². The van der Waals surface area contributed by atoms with E-state index in [1.165, 1.54) is 18.9 Å². The van der Waals surface area contributed by atoms with Gasteiger partial charge in [0.05, 0.1) is 7.11 Å². The molecule has 1 aliphatic heterocycles. The van der Waals surface area contributed by atoms with Gasteiger partial charge in [-0.05, 0) is 25.7 Å². The highest BCUT2D eigenvalue weighted by Crippen LogP contribution is 2.19. The molecule has 1 atom stereocenters. The topological polar surface area (TPSA) is 63.7 Å². The number of likely N-dealkylation sites (tertiary alicyclic amines) is 1. The van der Waals surface area contributed by atoms with E-state index in [1.54, 1.807) is 0 Å². The number of ether oxygens (including phenoxy) is 1. The Bertz CT molecular complexity index is 337. The van der Waals surface area contributed by atoms with Gasteiger partial charge in [-0.25, -0.2) is 4.79 Å². The van der Waals surface area contributed by atoms with E-state index >= 15 is 0 Å². The van der Waals surface area contributed by atoms with Crippen LogP contribution in [0.2, 0.25) is 0 Å². The predicted octanol–water partition coefficient (Wildman–Crippen LogP) is 3.84. The molecule has 1 aliphatic rings. The fourth-order valence-electron chi connectivity index (χ4n) is 1.87. The summed E-state index contributed by atoms with van der Waals surface area (Å²) in [5.74, 6) is 0.318. The Morgan fingerprint density at radius 1 is 1.13 bits per heavy atom. The number of esters is 1. The maximum absolute atomic E-state index is 11.7. The lowest BCUT2D eigenvalue weighted by Gasteiger charge is -2.22. The van der Waals surface area contributed by atoms with Gasteiger partial charge in [-0.3, -0.25) is 4.79 Å². The molecule has 1 fully saturated rings. The zero-order chi connectivity index (χ0) is 17.7. The zero-order valence-corrected chi connectivity index (χ0v) is 15.3. The predicted molar refractivity (Wildman–Crippen MR) is 95.3 cm³/mol. The number of carbonyl (C=O) groups is 3. The largest absolute Gasteiger partial charge is 0.467 e. The fourth-order valence-corrected chi connectivity index (χ4v) is 1.87. The van der Waals surface area contributed by atoms with Crippen molar-refractivity contribution in [2.24, 2.45) is 5.92 Å². The smallest absolute Gasteiger partial charge is 0.328 e. The molecule has 1 rings (SSSR count). The van der Waals surface area contributed by atoms with E-state index in [-0.39, 0.29) is 37.9 Å². The molecule has 23 heavy (non-hydrogen) atoms. The third-order valence-corrected chi connectivity index (χ3v) is 2.74. The second-order valence-electron chi connectivity index (χ2n) is 5.70. The second-order valence-corrected chi connectivity index (χ2v) is 5.70. The number of methoxy groups -OCH3 is 1. The van der Waals surface area contributed by atoms with Crippen molar-refractivity contribution in [1.29, 1.82) is 0 Å². The Labute approximate surface area is 142 Å². The lowest BCUT2D eigenvalue weighted by atomic mass is 10.2. The van der Waals surface area contributed by atoms with E-state index in [0.29, 0.717) is 13.0 Å². The van der Waals surface area contributed by atoms with Crippen LogP contribution in [-0.2, 0) is 19.1 Å². The van der Waals surface area contributed by atoms with Crippen molar-refractivity contribution in [3.8, 4) is 0 Å². The van der Waals surface area contributed by atoms with Crippen LogP contribution in [0.3, 0.4) is 0 Å². The SMILES string of the molecule is C.CC.CC(C)C.COC(=O)[C@@H]1CCCN1C(=O)CCC(C)=O.